The molecule has 1 aromatic carbocycles. The number of aliphatic hydroxyl groups is 1. The third-order valence-electron chi connectivity index (χ3n) is 5.76. The zero-order valence-electron chi connectivity index (χ0n) is 23.7. The van der Waals surface area contributed by atoms with Crippen LogP contribution in [0.2, 0.25) is 0 Å². The molecule has 1 rings (SSSR count). The van der Waals surface area contributed by atoms with E-state index in [1.165, 1.54) is 24.3 Å². The zero-order valence-corrected chi connectivity index (χ0v) is 23.7. The Labute approximate surface area is 225 Å². The maximum atomic E-state index is 13.4. The summed E-state index contributed by atoms with van der Waals surface area (Å²) in [5.41, 5.74) is -0.296. The zero-order chi connectivity index (χ0) is 29.2. The first-order chi connectivity index (χ1) is 17.5. The van der Waals surface area contributed by atoms with E-state index in [1.54, 1.807) is 27.7 Å². The second-order valence-electron chi connectivity index (χ2n) is 11.4. The number of carbonyl (C=O) groups excluding carboxylic acids is 3. The van der Waals surface area contributed by atoms with Gasteiger partial charge in [0.15, 0.2) is 0 Å². The monoisotopic (exact) mass is 536 g/mol. The minimum absolute atomic E-state index is 0.0397. The SMILES string of the molecule is CC(C)CNC(=O)[C@H](C)C[C@H](O)[C@@H](NC(=O)[C@H](Cc1ccc([N+](=O)[O-])cc1)NC(=O)OC(C)(C)C)C(C)C. The van der Waals surface area contributed by atoms with Gasteiger partial charge in [-0.1, -0.05) is 46.8 Å². The normalized spacial score (nSPS) is 14.8. The van der Waals surface area contributed by atoms with Crippen LogP contribution in [-0.4, -0.2) is 58.3 Å². The number of hydrogen-bond acceptors (Lipinski definition) is 7. The summed E-state index contributed by atoms with van der Waals surface area (Å²) >= 11 is 0. The number of nitro groups is 1. The fourth-order valence-corrected chi connectivity index (χ4v) is 3.72. The van der Waals surface area contributed by atoms with E-state index in [1.807, 2.05) is 27.7 Å². The van der Waals surface area contributed by atoms with Crippen molar-refractivity contribution >= 4 is 23.6 Å². The number of carbonyl (C=O) groups is 3. The molecule has 214 valence electrons. The molecule has 38 heavy (non-hydrogen) atoms. The topological polar surface area (TPSA) is 160 Å². The third kappa shape index (κ3) is 11.9. The molecule has 0 spiro atoms. The van der Waals surface area contributed by atoms with E-state index in [2.05, 4.69) is 16.0 Å². The highest BCUT2D eigenvalue weighted by Crippen LogP contribution is 2.17. The smallest absolute Gasteiger partial charge is 0.408 e. The fourth-order valence-electron chi connectivity index (χ4n) is 3.72. The Hall–Kier alpha value is -3.21. The van der Waals surface area contributed by atoms with E-state index in [9.17, 15) is 29.6 Å². The van der Waals surface area contributed by atoms with Gasteiger partial charge < -0.3 is 25.8 Å². The summed E-state index contributed by atoms with van der Waals surface area (Å²) in [6.07, 6.45) is -1.63. The van der Waals surface area contributed by atoms with Crippen LogP contribution in [0.5, 0.6) is 0 Å². The molecular formula is C27H44N4O7. The molecule has 0 saturated heterocycles. The van der Waals surface area contributed by atoms with Gasteiger partial charge in [0.25, 0.3) is 5.69 Å². The van der Waals surface area contributed by atoms with E-state index in [-0.39, 0.29) is 30.4 Å². The Morgan fingerprint density at radius 2 is 1.58 bits per heavy atom. The van der Waals surface area contributed by atoms with Gasteiger partial charge in [0.05, 0.1) is 17.1 Å². The molecule has 0 fully saturated rings. The van der Waals surface area contributed by atoms with Gasteiger partial charge >= 0.3 is 6.09 Å². The van der Waals surface area contributed by atoms with Gasteiger partial charge in [-0.25, -0.2) is 4.79 Å². The van der Waals surface area contributed by atoms with Gasteiger partial charge in [0.2, 0.25) is 11.8 Å². The lowest BCUT2D eigenvalue weighted by Crippen LogP contribution is -2.55. The molecule has 0 radical (unpaired) electrons. The Balaban J connectivity index is 3.04. The highest BCUT2D eigenvalue weighted by Gasteiger charge is 2.32. The summed E-state index contributed by atoms with van der Waals surface area (Å²) in [6, 6.07) is 3.91. The van der Waals surface area contributed by atoms with Crippen LogP contribution in [0.15, 0.2) is 24.3 Å². The summed E-state index contributed by atoms with van der Waals surface area (Å²) in [5, 5.41) is 30.2. The van der Waals surface area contributed by atoms with E-state index >= 15 is 0 Å². The van der Waals surface area contributed by atoms with Crippen molar-refractivity contribution in [1.29, 1.82) is 0 Å². The van der Waals surface area contributed by atoms with Crippen molar-refractivity contribution in [1.82, 2.24) is 16.0 Å². The number of ether oxygens (including phenoxy) is 1. The highest BCUT2D eigenvalue weighted by molar-refractivity contribution is 5.86. The van der Waals surface area contributed by atoms with Crippen molar-refractivity contribution < 1.29 is 29.2 Å². The summed E-state index contributed by atoms with van der Waals surface area (Å²) in [7, 11) is 0. The minimum Gasteiger partial charge on any atom is -0.444 e. The molecular weight excluding hydrogens is 492 g/mol. The van der Waals surface area contributed by atoms with E-state index in [0.29, 0.717) is 18.0 Å². The van der Waals surface area contributed by atoms with E-state index in [0.717, 1.165) is 0 Å². The molecule has 0 aliphatic heterocycles. The van der Waals surface area contributed by atoms with E-state index in [4.69, 9.17) is 4.74 Å². The maximum Gasteiger partial charge on any atom is 0.408 e. The van der Waals surface area contributed by atoms with Crippen molar-refractivity contribution in [2.75, 3.05) is 6.54 Å². The molecule has 4 N–H and O–H groups in total. The first-order valence-electron chi connectivity index (χ1n) is 13.0. The van der Waals surface area contributed by atoms with Crippen LogP contribution < -0.4 is 16.0 Å². The van der Waals surface area contributed by atoms with Gasteiger partial charge in [-0.15, -0.1) is 0 Å². The largest absolute Gasteiger partial charge is 0.444 e. The Morgan fingerprint density at radius 1 is 1.00 bits per heavy atom. The lowest BCUT2D eigenvalue weighted by molar-refractivity contribution is -0.384. The van der Waals surface area contributed by atoms with Crippen molar-refractivity contribution in [3.63, 3.8) is 0 Å². The van der Waals surface area contributed by atoms with Crippen LogP contribution >= 0.6 is 0 Å². The lowest BCUT2D eigenvalue weighted by atomic mass is 9.91. The summed E-state index contributed by atoms with van der Waals surface area (Å²) in [4.78, 5) is 48.7. The van der Waals surface area contributed by atoms with Crippen molar-refractivity contribution in [3.8, 4) is 0 Å². The number of hydrogen-bond donors (Lipinski definition) is 4. The molecule has 0 heterocycles. The number of alkyl carbamates (subject to hydrolysis) is 1. The summed E-state index contributed by atoms with van der Waals surface area (Å²) < 4.78 is 5.31. The molecule has 0 saturated carbocycles. The molecule has 3 amide bonds. The van der Waals surface area contributed by atoms with Crippen LogP contribution in [0.4, 0.5) is 10.5 Å². The first kappa shape index (κ1) is 32.8. The van der Waals surface area contributed by atoms with Crippen molar-refractivity contribution in [2.45, 2.75) is 92.0 Å². The number of aliphatic hydroxyl groups excluding tert-OH is 1. The van der Waals surface area contributed by atoms with Gasteiger partial charge in [-0.3, -0.25) is 19.7 Å². The second kappa shape index (κ2) is 14.7. The quantitative estimate of drug-likeness (QED) is 0.222. The second-order valence-corrected chi connectivity index (χ2v) is 11.4. The molecule has 4 atom stereocenters. The number of nitro benzene ring substituents is 1. The Kier molecular flexibility index (Phi) is 12.7. The average molecular weight is 537 g/mol. The van der Waals surface area contributed by atoms with Gasteiger partial charge in [-0.05, 0) is 44.6 Å². The maximum absolute atomic E-state index is 13.4. The fraction of sp³-hybridized carbons (Fsp3) is 0.667. The minimum atomic E-state index is -1.08. The Morgan fingerprint density at radius 3 is 2.05 bits per heavy atom. The number of benzene rings is 1. The van der Waals surface area contributed by atoms with Crippen LogP contribution in [0.3, 0.4) is 0 Å². The number of amides is 3. The van der Waals surface area contributed by atoms with Crippen molar-refractivity contribution in [3.05, 3.63) is 39.9 Å². The van der Waals surface area contributed by atoms with Gasteiger partial charge in [0, 0.05) is 31.0 Å². The van der Waals surface area contributed by atoms with Gasteiger partial charge in [-0.2, -0.15) is 0 Å². The van der Waals surface area contributed by atoms with Crippen LogP contribution in [0.25, 0.3) is 0 Å². The molecule has 11 nitrogen and oxygen atoms in total. The molecule has 0 unspecified atom stereocenters. The number of nitrogens with zero attached hydrogens (tertiary/aromatic N) is 1. The van der Waals surface area contributed by atoms with Crippen LogP contribution in [0.1, 0.15) is 67.4 Å². The lowest BCUT2D eigenvalue weighted by Gasteiger charge is -2.31. The highest BCUT2D eigenvalue weighted by atomic mass is 16.6. The Bertz CT molecular complexity index is 942. The van der Waals surface area contributed by atoms with E-state index < -0.39 is 46.6 Å². The molecule has 0 aromatic heterocycles. The standard InChI is InChI=1S/C27H44N4O7/c1-16(2)15-28-24(33)18(5)13-22(32)23(17(3)4)30-25(34)21(29-26(35)38-27(6,7)8)14-19-9-11-20(12-10-19)31(36)37/h9-12,16-18,21-23,32H,13-15H2,1-8H3,(H,28,33)(H,29,35)(H,30,34)/t18-,21+,22+,23+/m1/s1. The molecule has 0 aliphatic rings. The van der Waals surface area contributed by atoms with Crippen molar-refractivity contribution in [2.24, 2.45) is 17.8 Å². The van der Waals surface area contributed by atoms with Gasteiger partial charge in [0.1, 0.15) is 11.6 Å². The first-order valence-corrected chi connectivity index (χ1v) is 13.0. The predicted molar refractivity (Wildman–Crippen MR) is 144 cm³/mol. The predicted octanol–water partition coefficient (Wildman–Crippen LogP) is 3.33. The number of nitrogens with one attached hydrogen (secondary N) is 3. The molecule has 0 bridgehead atoms. The molecule has 0 aliphatic carbocycles. The third-order valence-corrected chi connectivity index (χ3v) is 5.76. The van der Waals surface area contributed by atoms with Crippen LogP contribution in [-0.2, 0) is 20.7 Å². The average Bonchev–Trinajstić information content (AvgIpc) is 2.78. The molecule has 11 heteroatoms. The number of rotatable bonds is 13. The van der Waals surface area contributed by atoms with Crippen LogP contribution in [0, 0.1) is 27.9 Å². The summed E-state index contributed by atoms with van der Waals surface area (Å²) in [5.74, 6) is -1.08. The molecule has 1 aromatic rings. The number of non-ortho nitro benzene ring substituents is 1. The summed E-state index contributed by atoms with van der Waals surface area (Å²) in [6.45, 7) is 15.0.